The van der Waals surface area contributed by atoms with Gasteiger partial charge in [-0.05, 0) is 55.2 Å². The molecule has 1 saturated heterocycles. The van der Waals surface area contributed by atoms with E-state index in [2.05, 4.69) is 18.9 Å². The molecular formula is C25H30N4O3S. The minimum absolute atomic E-state index is 0.204. The molecule has 0 atom stereocenters. The molecule has 1 aromatic heterocycles. The van der Waals surface area contributed by atoms with Crippen LogP contribution in [0, 0.1) is 12.8 Å². The molecule has 1 fully saturated rings. The molecule has 1 aliphatic heterocycles. The normalized spacial score (nSPS) is 15.2. The maximum Gasteiger partial charge on any atom is 0.271 e. The summed E-state index contributed by atoms with van der Waals surface area (Å²) < 4.78 is 29.2. The third-order valence-corrected chi connectivity index (χ3v) is 7.75. The Hall–Kier alpha value is -2.97. The zero-order valence-electron chi connectivity index (χ0n) is 19.3. The van der Waals surface area contributed by atoms with Crippen molar-refractivity contribution in [2.24, 2.45) is 5.92 Å². The lowest BCUT2D eigenvalue weighted by Gasteiger charge is -2.34. The van der Waals surface area contributed by atoms with Crippen LogP contribution in [0.2, 0.25) is 0 Å². The largest absolute Gasteiger partial charge is 0.353 e. The lowest BCUT2D eigenvalue weighted by atomic mass is 10.0. The highest BCUT2D eigenvalue weighted by Crippen LogP contribution is 2.21. The Morgan fingerprint density at radius 1 is 0.879 bits per heavy atom. The molecule has 1 aliphatic rings. The van der Waals surface area contributed by atoms with Gasteiger partial charge in [0.25, 0.3) is 5.56 Å². The number of rotatable bonds is 6. The molecule has 3 aromatic rings. The molecule has 0 radical (unpaired) electrons. The average Bonchev–Trinajstić information content (AvgIpc) is 2.80. The quantitative estimate of drug-likeness (QED) is 0.558. The number of hydrogen-bond donors (Lipinski definition) is 0. The van der Waals surface area contributed by atoms with Gasteiger partial charge in [0.2, 0.25) is 10.0 Å². The molecule has 0 N–H and O–H groups in total. The van der Waals surface area contributed by atoms with Gasteiger partial charge in [0, 0.05) is 32.2 Å². The number of aryl methyl sites for hydroxylation is 1. The maximum absolute atomic E-state index is 13.1. The van der Waals surface area contributed by atoms with Gasteiger partial charge in [0.1, 0.15) is 5.82 Å². The first-order valence-electron chi connectivity index (χ1n) is 11.3. The lowest BCUT2D eigenvalue weighted by Crippen LogP contribution is -2.49. The topological polar surface area (TPSA) is 75.5 Å². The second-order valence-electron chi connectivity index (χ2n) is 8.91. The number of piperazine rings is 1. The molecule has 8 heteroatoms. The van der Waals surface area contributed by atoms with Gasteiger partial charge in [-0.25, -0.2) is 8.42 Å². The van der Waals surface area contributed by atoms with Gasteiger partial charge < -0.3 is 4.90 Å². The number of aromatic nitrogens is 2. The first-order chi connectivity index (χ1) is 15.7. The fourth-order valence-electron chi connectivity index (χ4n) is 4.02. The molecule has 0 bridgehead atoms. The summed E-state index contributed by atoms with van der Waals surface area (Å²) >= 11 is 0. The molecule has 0 spiro atoms. The van der Waals surface area contributed by atoms with E-state index in [9.17, 15) is 13.2 Å². The molecule has 0 saturated carbocycles. The van der Waals surface area contributed by atoms with Crippen molar-refractivity contribution in [1.82, 2.24) is 14.1 Å². The van der Waals surface area contributed by atoms with E-state index in [-0.39, 0.29) is 5.56 Å². The molecule has 0 aliphatic carbocycles. The van der Waals surface area contributed by atoms with Crippen molar-refractivity contribution in [3.05, 3.63) is 82.1 Å². The van der Waals surface area contributed by atoms with Crippen molar-refractivity contribution in [2.45, 2.75) is 32.1 Å². The molecule has 7 nitrogen and oxygen atoms in total. The summed E-state index contributed by atoms with van der Waals surface area (Å²) in [6, 6.07) is 18.0. The van der Waals surface area contributed by atoms with Crippen molar-refractivity contribution >= 4 is 15.8 Å². The maximum atomic E-state index is 13.1. The smallest absolute Gasteiger partial charge is 0.271 e. The van der Waals surface area contributed by atoms with Crippen LogP contribution in [0.25, 0.3) is 5.69 Å². The van der Waals surface area contributed by atoms with Gasteiger partial charge >= 0.3 is 0 Å². The standard InChI is InChI=1S/C25H30N4O3S/c1-19(2)18-21-6-10-23(11-7-21)33(31,32)28-16-14-27(15-17-28)24-12-13-25(30)29(26-24)22-8-4-20(3)5-9-22/h4-13,19H,14-18H2,1-3H3. The summed E-state index contributed by atoms with van der Waals surface area (Å²) in [6.07, 6.45) is 0.927. The van der Waals surface area contributed by atoms with E-state index in [1.165, 1.54) is 15.1 Å². The SMILES string of the molecule is Cc1ccc(-n2nc(N3CCN(S(=O)(=O)c4ccc(CC(C)C)cc4)CC3)ccc2=O)cc1. The number of nitrogens with zero attached hydrogens (tertiary/aromatic N) is 4. The van der Waals surface area contributed by atoms with Crippen molar-refractivity contribution < 1.29 is 8.42 Å². The van der Waals surface area contributed by atoms with Gasteiger partial charge in [0.05, 0.1) is 10.6 Å². The Labute approximate surface area is 195 Å². The number of sulfonamides is 1. The fraction of sp³-hybridized carbons (Fsp3) is 0.360. The second kappa shape index (κ2) is 9.49. The van der Waals surface area contributed by atoms with Crippen LogP contribution >= 0.6 is 0 Å². The van der Waals surface area contributed by atoms with Gasteiger partial charge in [-0.15, -0.1) is 5.10 Å². The van der Waals surface area contributed by atoms with Gasteiger partial charge in [0.15, 0.2) is 0 Å². The predicted octanol–water partition coefficient (Wildman–Crippen LogP) is 3.25. The minimum Gasteiger partial charge on any atom is -0.353 e. The molecule has 0 amide bonds. The van der Waals surface area contributed by atoms with Crippen molar-refractivity contribution in [1.29, 1.82) is 0 Å². The second-order valence-corrected chi connectivity index (χ2v) is 10.8. The van der Waals surface area contributed by atoms with Crippen LogP contribution < -0.4 is 10.5 Å². The Kier molecular flexibility index (Phi) is 6.67. The van der Waals surface area contributed by atoms with E-state index < -0.39 is 10.0 Å². The van der Waals surface area contributed by atoms with Crippen LogP contribution in [0.1, 0.15) is 25.0 Å². The zero-order chi connectivity index (χ0) is 23.6. The summed E-state index contributed by atoms with van der Waals surface area (Å²) in [6.45, 7) is 8.01. The number of hydrogen-bond acceptors (Lipinski definition) is 5. The molecule has 0 unspecified atom stereocenters. The monoisotopic (exact) mass is 466 g/mol. The van der Waals surface area contributed by atoms with Gasteiger partial charge in [-0.3, -0.25) is 4.79 Å². The van der Waals surface area contributed by atoms with E-state index in [0.29, 0.717) is 48.5 Å². The summed E-state index contributed by atoms with van der Waals surface area (Å²) in [5, 5.41) is 4.54. The highest BCUT2D eigenvalue weighted by Gasteiger charge is 2.29. The third-order valence-electron chi connectivity index (χ3n) is 5.83. The first kappa shape index (κ1) is 23.2. The lowest BCUT2D eigenvalue weighted by molar-refractivity contribution is 0.383. The summed E-state index contributed by atoms with van der Waals surface area (Å²) in [5.74, 6) is 1.18. The van der Waals surface area contributed by atoms with Crippen LogP contribution in [0.3, 0.4) is 0 Å². The summed E-state index contributed by atoms with van der Waals surface area (Å²) in [5.41, 5.74) is 2.75. The first-order valence-corrected chi connectivity index (χ1v) is 12.7. The van der Waals surface area contributed by atoms with Crippen molar-refractivity contribution in [2.75, 3.05) is 31.1 Å². The van der Waals surface area contributed by atoms with Crippen LogP contribution in [-0.4, -0.2) is 48.7 Å². The van der Waals surface area contributed by atoms with Gasteiger partial charge in [-0.1, -0.05) is 43.7 Å². The molecule has 2 aromatic carbocycles. The van der Waals surface area contributed by atoms with Crippen LogP contribution in [0.4, 0.5) is 5.82 Å². The molecule has 33 heavy (non-hydrogen) atoms. The highest BCUT2D eigenvalue weighted by atomic mass is 32.2. The Bertz CT molecular complexity index is 1260. The number of benzene rings is 2. The zero-order valence-corrected chi connectivity index (χ0v) is 20.1. The molecule has 2 heterocycles. The summed E-state index contributed by atoms with van der Waals surface area (Å²) in [7, 11) is -3.54. The Morgan fingerprint density at radius 2 is 1.52 bits per heavy atom. The minimum atomic E-state index is -3.54. The van der Waals surface area contributed by atoms with E-state index in [0.717, 1.165) is 17.5 Å². The highest BCUT2D eigenvalue weighted by molar-refractivity contribution is 7.89. The number of anilines is 1. The van der Waals surface area contributed by atoms with E-state index >= 15 is 0 Å². The van der Waals surface area contributed by atoms with Crippen LogP contribution in [0.15, 0.2) is 70.4 Å². The van der Waals surface area contributed by atoms with Gasteiger partial charge in [-0.2, -0.15) is 8.99 Å². The fourth-order valence-corrected chi connectivity index (χ4v) is 5.44. The van der Waals surface area contributed by atoms with Crippen molar-refractivity contribution in [3.63, 3.8) is 0 Å². The van der Waals surface area contributed by atoms with Crippen LogP contribution in [-0.2, 0) is 16.4 Å². The Balaban J connectivity index is 1.47. The van der Waals surface area contributed by atoms with E-state index in [1.54, 1.807) is 18.2 Å². The summed E-state index contributed by atoms with van der Waals surface area (Å²) in [4.78, 5) is 14.7. The molecule has 174 valence electrons. The molecular weight excluding hydrogens is 436 g/mol. The Morgan fingerprint density at radius 3 is 2.12 bits per heavy atom. The molecule has 4 rings (SSSR count). The van der Waals surface area contributed by atoms with E-state index in [4.69, 9.17) is 0 Å². The predicted molar refractivity (Wildman–Crippen MR) is 131 cm³/mol. The van der Waals surface area contributed by atoms with Crippen LogP contribution in [0.5, 0.6) is 0 Å². The van der Waals surface area contributed by atoms with Crippen molar-refractivity contribution in [3.8, 4) is 5.69 Å². The van der Waals surface area contributed by atoms with E-state index in [1.807, 2.05) is 48.2 Å². The average molecular weight is 467 g/mol. The third kappa shape index (κ3) is 5.17.